The number of rotatable bonds is 9. The molecule has 1 aliphatic heterocycles. The average Bonchev–Trinajstić information content (AvgIpc) is 2.49. The van der Waals surface area contributed by atoms with Crippen LogP contribution in [-0.2, 0) is 29.1 Å². The molecule has 158 valence electrons. The van der Waals surface area contributed by atoms with Crippen molar-refractivity contribution in [2.45, 2.75) is 49.3 Å². The Morgan fingerprint density at radius 2 is 1.96 bits per heavy atom. The Hall–Kier alpha value is -1.28. The summed E-state index contributed by atoms with van der Waals surface area (Å²) in [5, 5.41) is 4.03. The summed E-state index contributed by atoms with van der Waals surface area (Å²) in [4.78, 5) is 11.8. The highest BCUT2D eigenvalue weighted by molar-refractivity contribution is 7.87. The minimum Gasteiger partial charge on any atom is -0.459 e. The van der Waals surface area contributed by atoms with Gasteiger partial charge in [-0.1, -0.05) is 6.58 Å². The number of aliphatic hydroxyl groups is 1. The van der Waals surface area contributed by atoms with Crippen LogP contribution in [0.25, 0.3) is 0 Å². The Kier molecular flexibility index (Phi) is 7.38. The lowest BCUT2D eigenvalue weighted by atomic mass is 10.0. The monoisotopic (exact) mass is 424 g/mol. The van der Waals surface area contributed by atoms with E-state index >= 15 is 0 Å². The maximum Gasteiger partial charge on any atom is 0.431 e. The topological polar surface area (TPSA) is 119 Å². The largest absolute Gasteiger partial charge is 0.459 e. The third-order valence-corrected chi connectivity index (χ3v) is 4.55. The highest BCUT2D eigenvalue weighted by Gasteiger charge is 2.65. The number of esters is 1. The second-order valence-corrected chi connectivity index (χ2v) is 7.61. The predicted molar refractivity (Wildman–Crippen MR) is 81.7 cm³/mol. The molecule has 1 fully saturated rings. The van der Waals surface area contributed by atoms with E-state index in [2.05, 4.69) is 11.3 Å². The van der Waals surface area contributed by atoms with Crippen molar-refractivity contribution in [1.82, 2.24) is 0 Å². The van der Waals surface area contributed by atoms with E-state index in [0.717, 1.165) is 0 Å². The third-order valence-electron chi connectivity index (χ3n) is 3.61. The van der Waals surface area contributed by atoms with Gasteiger partial charge < -0.3 is 19.3 Å². The van der Waals surface area contributed by atoms with Crippen LogP contribution in [0.4, 0.5) is 17.6 Å². The smallest absolute Gasteiger partial charge is 0.431 e. The fourth-order valence-corrected chi connectivity index (χ4v) is 2.60. The Morgan fingerprint density at radius 1 is 1.37 bits per heavy atom. The number of alkyl halides is 4. The van der Waals surface area contributed by atoms with Crippen LogP contribution in [0.1, 0.15) is 26.2 Å². The summed E-state index contributed by atoms with van der Waals surface area (Å²) in [5.74, 6) is -7.49. The molecule has 1 saturated heterocycles. The zero-order valence-electron chi connectivity index (χ0n) is 14.3. The molecule has 27 heavy (non-hydrogen) atoms. The molecule has 1 heterocycles. The van der Waals surface area contributed by atoms with Gasteiger partial charge in [0.15, 0.2) is 5.79 Å². The van der Waals surface area contributed by atoms with E-state index in [4.69, 9.17) is 14.0 Å². The molecule has 0 radical (unpaired) electrons. The average molecular weight is 424 g/mol. The number of halogens is 4. The van der Waals surface area contributed by atoms with Crippen molar-refractivity contribution >= 4 is 16.1 Å². The van der Waals surface area contributed by atoms with Gasteiger partial charge in [-0.25, -0.2) is 4.79 Å². The van der Waals surface area contributed by atoms with Crippen LogP contribution >= 0.6 is 0 Å². The van der Waals surface area contributed by atoms with Crippen LogP contribution < -0.4 is 0 Å². The third kappa shape index (κ3) is 6.38. The Labute approximate surface area is 152 Å². The van der Waals surface area contributed by atoms with Crippen LogP contribution in [0.3, 0.4) is 0 Å². The lowest BCUT2D eigenvalue weighted by Gasteiger charge is -2.33. The molecule has 0 aromatic heterocycles. The molecule has 2 N–H and O–H groups in total. The van der Waals surface area contributed by atoms with Gasteiger partial charge in [-0.2, -0.15) is 26.0 Å². The number of hydrogen-bond acceptors (Lipinski definition) is 7. The molecule has 0 amide bonds. The van der Waals surface area contributed by atoms with Gasteiger partial charge in [-0.15, -0.1) is 0 Å². The van der Waals surface area contributed by atoms with Gasteiger partial charge in [0.25, 0.3) is 0 Å². The molecule has 8 nitrogen and oxygen atoms in total. The lowest BCUT2D eigenvalue weighted by Crippen LogP contribution is -2.47. The van der Waals surface area contributed by atoms with Gasteiger partial charge in [-0.3, -0.25) is 4.55 Å². The van der Waals surface area contributed by atoms with E-state index in [0.29, 0.717) is 6.42 Å². The zero-order chi connectivity index (χ0) is 21.1. The van der Waals surface area contributed by atoms with Crippen LogP contribution in [0, 0.1) is 0 Å². The maximum atomic E-state index is 13.2. The minimum atomic E-state index is -6.31. The summed E-state index contributed by atoms with van der Waals surface area (Å²) < 4.78 is 96.0. The van der Waals surface area contributed by atoms with Gasteiger partial charge >= 0.3 is 27.3 Å². The second-order valence-electron chi connectivity index (χ2n) is 6.15. The van der Waals surface area contributed by atoms with Gasteiger partial charge in [0.05, 0.1) is 25.4 Å². The molecule has 13 heteroatoms. The van der Waals surface area contributed by atoms with E-state index in [1.807, 2.05) is 0 Å². The summed E-state index contributed by atoms with van der Waals surface area (Å²) in [6, 6.07) is 0. The van der Waals surface area contributed by atoms with Crippen LogP contribution in [-0.4, -0.2) is 66.9 Å². The molecule has 0 aliphatic carbocycles. The second kappa shape index (κ2) is 8.39. The standard InChI is InChI=1S/C14H20F4O8S/c1-9(11(19)26-10-3-5-25-12(2,20)7-10)8-24-6-4-13(15,16)14(17,18)27(21,22)23/h10,20H,1,3-8H2,2H3,(H,21,22,23). The summed E-state index contributed by atoms with van der Waals surface area (Å²) in [6.45, 7) is 3.16. The molecule has 0 aromatic carbocycles. The first-order valence-electron chi connectivity index (χ1n) is 7.64. The molecular formula is C14H20F4O8S. The van der Waals surface area contributed by atoms with Crippen molar-refractivity contribution in [2.24, 2.45) is 0 Å². The first-order valence-corrected chi connectivity index (χ1v) is 9.08. The molecule has 0 aromatic rings. The van der Waals surface area contributed by atoms with Crippen LogP contribution in [0.15, 0.2) is 12.2 Å². The quantitative estimate of drug-likeness (QED) is 0.188. The summed E-state index contributed by atoms with van der Waals surface area (Å²) in [7, 11) is -6.31. The lowest BCUT2D eigenvalue weighted by molar-refractivity contribution is -0.235. The van der Waals surface area contributed by atoms with E-state index in [9.17, 15) is 35.9 Å². The predicted octanol–water partition coefficient (Wildman–Crippen LogP) is 1.50. The van der Waals surface area contributed by atoms with Gasteiger partial charge in [0.1, 0.15) is 6.10 Å². The number of carbonyl (C=O) groups is 1. The molecule has 2 atom stereocenters. The summed E-state index contributed by atoms with van der Waals surface area (Å²) in [5.41, 5.74) is -0.300. The molecule has 0 saturated carbocycles. The van der Waals surface area contributed by atoms with Gasteiger partial charge in [-0.05, 0) is 6.92 Å². The van der Waals surface area contributed by atoms with E-state index in [1.54, 1.807) is 0 Å². The van der Waals surface area contributed by atoms with E-state index < -0.39 is 58.8 Å². The van der Waals surface area contributed by atoms with E-state index in [1.165, 1.54) is 6.92 Å². The summed E-state index contributed by atoms with van der Waals surface area (Å²) >= 11 is 0. The number of carbonyl (C=O) groups excluding carboxylic acids is 1. The van der Waals surface area contributed by atoms with Crippen molar-refractivity contribution in [1.29, 1.82) is 0 Å². The van der Waals surface area contributed by atoms with Crippen molar-refractivity contribution in [3.63, 3.8) is 0 Å². The van der Waals surface area contributed by atoms with Crippen molar-refractivity contribution in [3.8, 4) is 0 Å². The normalized spacial score (nSPS) is 24.5. The molecule has 0 spiro atoms. The Bertz CT molecular complexity index is 662. The number of ether oxygens (including phenoxy) is 3. The van der Waals surface area contributed by atoms with Crippen molar-refractivity contribution in [2.75, 3.05) is 19.8 Å². The zero-order valence-corrected chi connectivity index (χ0v) is 15.1. The molecule has 1 aliphatic rings. The highest BCUT2D eigenvalue weighted by Crippen LogP contribution is 2.40. The maximum absolute atomic E-state index is 13.2. The van der Waals surface area contributed by atoms with Crippen molar-refractivity contribution in [3.05, 3.63) is 12.2 Å². The minimum absolute atomic E-state index is 0.00379. The fraction of sp³-hybridized carbons (Fsp3) is 0.786. The Balaban J connectivity index is 2.43. The SMILES string of the molecule is C=C(COCCC(F)(F)C(F)(F)S(=O)(=O)O)C(=O)OC1CCOC(C)(O)C1. The highest BCUT2D eigenvalue weighted by atomic mass is 32.2. The van der Waals surface area contributed by atoms with Crippen molar-refractivity contribution < 1.29 is 54.6 Å². The molecule has 1 rings (SSSR count). The van der Waals surface area contributed by atoms with E-state index in [-0.39, 0.29) is 18.6 Å². The summed E-state index contributed by atoms with van der Waals surface area (Å²) in [6.07, 6.45) is -2.09. The van der Waals surface area contributed by atoms with Gasteiger partial charge in [0.2, 0.25) is 0 Å². The molecular weight excluding hydrogens is 404 g/mol. The Morgan fingerprint density at radius 3 is 2.48 bits per heavy atom. The first kappa shape index (κ1) is 23.8. The van der Waals surface area contributed by atoms with Crippen LogP contribution in [0.5, 0.6) is 0 Å². The van der Waals surface area contributed by atoms with Gasteiger partial charge in [0, 0.05) is 19.3 Å². The number of hydrogen-bond donors (Lipinski definition) is 2. The molecule has 2 unspecified atom stereocenters. The van der Waals surface area contributed by atoms with Crippen LogP contribution in [0.2, 0.25) is 0 Å². The molecule has 0 bridgehead atoms. The fourth-order valence-electron chi connectivity index (χ4n) is 2.12. The first-order chi connectivity index (χ1) is 12.1.